The fourth-order valence-corrected chi connectivity index (χ4v) is 2.39. The zero-order valence-corrected chi connectivity index (χ0v) is 14.0. The van der Waals surface area contributed by atoms with Gasteiger partial charge in [0, 0.05) is 6.42 Å². The third-order valence-electron chi connectivity index (χ3n) is 3.76. The summed E-state index contributed by atoms with van der Waals surface area (Å²) in [6.07, 6.45) is 8.74. The maximum absolute atomic E-state index is 10.1. The van der Waals surface area contributed by atoms with Crippen LogP contribution in [0.5, 0.6) is 11.5 Å². The molecular formula is C19H30O3. The maximum Gasteiger partial charge on any atom is 0.120 e. The highest BCUT2D eigenvalue weighted by atomic mass is 16.5. The number of aliphatic hydroxyl groups excluding tert-OH is 1. The summed E-state index contributed by atoms with van der Waals surface area (Å²) in [5, 5.41) is 10.1. The third-order valence-corrected chi connectivity index (χ3v) is 3.76. The number of hydrogen-bond donors (Lipinski definition) is 1. The van der Waals surface area contributed by atoms with Gasteiger partial charge in [0.25, 0.3) is 0 Å². The number of aliphatic hydroxyl groups is 1. The Morgan fingerprint density at radius 3 is 2.32 bits per heavy atom. The van der Waals surface area contributed by atoms with E-state index in [0.717, 1.165) is 24.3 Å². The highest BCUT2D eigenvalue weighted by Crippen LogP contribution is 2.20. The SMILES string of the molecule is C=C[C@H](C[C@H](O)CCCCCCC)Oc1ccc(OC)cc1. The number of benzene rings is 1. The zero-order chi connectivity index (χ0) is 16.2. The highest BCUT2D eigenvalue weighted by molar-refractivity contribution is 5.31. The van der Waals surface area contributed by atoms with E-state index >= 15 is 0 Å². The summed E-state index contributed by atoms with van der Waals surface area (Å²) < 4.78 is 11.0. The lowest BCUT2D eigenvalue weighted by atomic mass is 10.0. The van der Waals surface area contributed by atoms with Crippen molar-refractivity contribution in [1.29, 1.82) is 0 Å². The predicted molar refractivity (Wildman–Crippen MR) is 91.6 cm³/mol. The quantitative estimate of drug-likeness (QED) is 0.448. The molecule has 3 heteroatoms. The van der Waals surface area contributed by atoms with E-state index in [1.54, 1.807) is 13.2 Å². The van der Waals surface area contributed by atoms with Crippen LogP contribution in [0.15, 0.2) is 36.9 Å². The number of ether oxygens (including phenoxy) is 2. The van der Waals surface area contributed by atoms with Gasteiger partial charge in [0.05, 0.1) is 13.2 Å². The molecular weight excluding hydrogens is 276 g/mol. The molecule has 1 aromatic carbocycles. The predicted octanol–water partition coefficient (Wildman–Crippen LogP) is 4.74. The largest absolute Gasteiger partial charge is 0.497 e. The van der Waals surface area contributed by atoms with Crippen LogP contribution in [0.1, 0.15) is 51.9 Å². The Hall–Kier alpha value is -1.48. The van der Waals surface area contributed by atoms with E-state index in [1.807, 2.05) is 24.3 Å². The normalized spacial score (nSPS) is 13.4. The van der Waals surface area contributed by atoms with Gasteiger partial charge < -0.3 is 14.6 Å². The highest BCUT2D eigenvalue weighted by Gasteiger charge is 2.13. The number of rotatable bonds is 12. The Kier molecular flexibility index (Phi) is 9.40. The average molecular weight is 306 g/mol. The lowest BCUT2D eigenvalue weighted by Gasteiger charge is -2.19. The number of hydrogen-bond acceptors (Lipinski definition) is 3. The topological polar surface area (TPSA) is 38.7 Å². The molecule has 0 aliphatic carbocycles. The van der Waals surface area contributed by atoms with E-state index < -0.39 is 0 Å². The molecule has 0 spiro atoms. The molecule has 0 fully saturated rings. The Balaban J connectivity index is 2.32. The van der Waals surface area contributed by atoms with Crippen molar-refractivity contribution < 1.29 is 14.6 Å². The van der Waals surface area contributed by atoms with Crippen LogP contribution in [-0.2, 0) is 0 Å². The van der Waals surface area contributed by atoms with Gasteiger partial charge in [0.2, 0.25) is 0 Å². The van der Waals surface area contributed by atoms with Gasteiger partial charge in [-0.25, -0.2) is 0 Å². The van der Waals surface area contributed by atoms with Gasteiger partial charge in [-0.15, -0.1) is 0 Å². The van der Waals surface area contributed by atoms with Gasteiger partial charge in [-0.3, -0.25) is 0 Å². The Morgan fingerprint density at radius 2 is 1.73 bits per heavy atom. The smallest absolute Gasteiger partial charge is 0.120 e. The van der Waals surface area contributed by atoms with Crippen LogP contribution < -0.4 is 9.47 Å². The van der Waals surface area contributed by atoms with E-state index in [-0.39, 0.29) is 12.2 Å². The summed E-state index contributed by atoms with van der Waals surface area (Å²) in [6.45, 7) is 6.01. The Morgan fingerprint density at radius 1 is 1.09 bits per heavy atom. The Bertz CT molecular complexity index is 400. The van der Waals surface area contributed by atoms with Crippen molar-refractivity contribution in [3.63, 3.8) is 0 Å². The molecule has 0 radical (unpaired) electrons. The van der Waals surface area contributed by atoms with Crippen LogP contribution >= 0.6 is 0 Å². The summed E-state index contributed by atoms with van der Waals surface area (Å²) >= 11 is 0. The standard InChI is InChI=1S/C19H30O3/c1-4-6-7-8-9-10-16(20)15-17(5-2)22-19-13-11-18(21-3)12-14-19/h5,11-14,16-17,20H,2,4,6-10,15H2,1,3H3/t16-,17-/m1/s1. The zero-order valence-electron chi connectivity index (χ0n) is 14.0. The second-order valence-electron chi connectivity index (χ2n) is 5.66. The molecule has 0 aromatic heterocycles. The van der Waals surface area contributed by atoms with Crippen LogP contribution in [-0.4, -0.2) is 24.4 Å². The molecule has 0 heterocycles. The molecule has 1 aromatic rings. The molecule has 0 aliphatic heterocycles. The monoisotopic (exact) mass is 306 g/mol. The van der Waals surface area contributed by atoms with Crippen molar-refractivity contribution in [2.45, 2.75) is 64.1 Å². The third kappa shape index (κ3) is 7.51. The van der Waals surface area contributed by atoms with Crippen molar-refractivity contribution in [3.8, 4) is 11.5 Å². The van der Waals surface area contributed by atoms with Gasteiger partial charge in [-0.1, -0.05) is 51.7 Å². The maximum atomic E-state index is 10.1. The van der Waals surface area contributed by atoms with Crippen LogP contribution in [0, 0.1) is 0 Å². The lowest BCUT2D eigenvalue weighted by molar-refractivity contribution is 0.105. The molecule has 1 N–H and O–H groups in total. The van der Waals surface area contributed by atoms with E-state index in [1.165, 1.54) is 25.7 Å². The molecule has 3 nitrogen and oxygen atoms in total. The average Bonchev–Trinajstić information content (AvgIpc) is 2.54. The molecule has 22 heavy (non-hydrogen) atoms. The van der Waals surface area contributed by atoms with Crippen molar-refractivity contribution in [2.24, 2.45) is 0 Å². The summed E-state index contributed by atoms with van der Waals surface area (Å²) in [5.74, 6) is 1.57. The molecule has 2 atom stereocenters. The molecule has 0 unspecified atom stereocenters. The van der Waals surface area contributed by atoms with Crippen LogP contribution in [0.4, 0.5) is 0 Å². The first kappa shape index (κ1) is 18.6. The lowest BCUT2D eigenvalue weighted by Crippen LogP contribution is -2.21. The van der Waals surface area contributed by atoms with E-state index in [2.05, 4.69) is 13.5 Å². The summed E-state index contributed by atoms with van der Waals surface area (Å²) in [6, 6.07) is 7.46. The molecule has 0 aliphatic rings. The molecule has 0 saturated carbocycles. The van der Waals surface area contributed by atoms with E-state index in [4.69, 9.17) is 9.47 Å². The molecule has 124 valence electrons. The molecule has 0 amide bonds. The van der Waals surface area contributed by atoms with E-state index in [0.29, 0.717) is 6.42 Å². The first-order valence-corrected chi connectivity index (χ1v) is 8.31. The molecule has 0 bridgehead atoms. The van der Waals surface area contributed by atoms with Crippen molar-refractivity contribution in [3.05, 3.63) is 36.9 Å². The fraction of sp³-hybridized carbons (Fsp3) is 0.579. The second kappa shape index (κ2) is 11.1. The van der Waals surface area contributed by atoms with Crippen molar-refractivity contribution in [2.75, 3.05) is 7.11 Å². The van der Waals surface area contributed by atoms with E-state index in [9.17, 15) is 5.11 Å². The van der Waals surface area contributed by atoms with Gasteiger partial charge in [0.15, 0.2) is 0 Å². The fourth-order valence-electron chi connectivity index (χ4n) is 2.39. The van der Waals surface area contributed by atoms with Gasteiger partial charge in [0.1, 0.15) is 17.6 Å². The number of unbranched alkanes of at least 4 members (excludes halogenated alkanes) is 4. The minimum atomic E-state index is -0.331. The Labute approximate surface area is 135 Å². The van der Waals surface area contributed by atoms with Gasteiger partial charge >= 0.3 is 0 Å². The van der Waals surface area contributed by atoms with Gasteiger partial charge in [-0.2, -0.15) is 0 Å². The first-order chi connectivity index (χ1) is 10.7. The van der Waals surface area contributed by atoms with Gasteiger partial charge in [-0.05, 0) is 30.7 Å². The summed E-state index contributed by atoms with van der Waals surface area (Å²) in [7, 11) is 1.64. The molecule has 0 saturated heterocycles. The minimum absolute atomic E-state index is 0.168. The summed E-state index contributed by atoms with van der Waals surface area (Å²) in [4.78, 5) is 0. The van der Waals surface area contributed by atoms with Crippen molar-refractivity contribution >= 4 is 0 Å². The number of methoxy groups -OCH3 is 1. The van der Waals surface area contributed by atoms with Crippen LogP contribution in [0.2, 0.25) is 0 Å². The summed E-state index contributed by atoms with van der Waals surface area (Å²) in [5.41, 5.74) is 0. The van der Waals surface area contributed by atoms with Crippen LogP contribution in [0.3, 0.4) is 0 Å². The van der Waals surface area contributed by atoms with Crippen molar-refractivity contribution in [1.82, 2.24) is 0 Å². The van der Waals surface area contributed by atoms with Crippen LogP contribution in [0.25, 0.3) is 0 Å². The molecule has 1 rings (SSSR count). The first-order valence-electron chi connectivity index (χ1n) is 8.31. The minimum Gasteiger partial charge on any atom is -0.497 e. The second-order valence-corrected chi connectivity index (χ2v) is 5.66.